The molecule has 2 unspecified atom stereocenters. The van der Waals surface area contributed by atoms with Gasteiger partial charge in [-0.3, -0.25) is 0 Å². The predicted molar refractivity (Wildman–Crippen MR) is 131 cm³/mol. The van der Waals surface area contributed by atoms with Gasteiger partial charge >= 0.3 is 0 Å². The van der Waals surface area contributed by atoms with Gasteiger partial charge in [-0.25, -0.2) is 0 Å². The first-order valence-corrected chi connectivity index (χ1v) is 15.9. The van der Waals surface area contributed by atoms with Crippen LogP contribution < -0.4 is 0 Å². The van der Waals surface area contributed by atoms with Gasteiger partial charge in [-0.1, -0.05) is 27.7 Å². The lowest BCUT2D eigenvalue weighted by Crippen LogP contribution is -2.48. The van der Waals surface area contributed by atoms with E-state index in [1.165, 1.54) is 17.2 Å². The molecule has 0 aromatic heterocycles. The summed E-state index contributed by atoms with van der Waals surface area (Å²) in [6.07, 6.45) is -3.00. The fourth-order valence-corrected chi connectivity index (χ4v) is 9.77. The van der Waals surface area contributed by atoms with E-state index >= 15 is 0 Å². The van der Waals surface area contributed by atoms with Crippen molar-refractivity contribution in [2.24, 2.45) is 0 Å². The van der Waals surface area contributed by atoms with Crippen molar-refractivity contribution in [3.05, 3.63) is 0 Å². The first-order valence-electron chi connectivity index (χ1n) is 13.1. The van der Waals surface area contributed by atoms with Crippen LogP contribution in [0.15, 0.2) is 0 Å². The Morgan fingerprint density at radius 3 is 0.861 bits per heavy atom. The van der Waals surface area contributed by atoms with Crippen molar-refractivity contribution in [2.75, 3.05) is 0 Å². The molecule has 12 nitrogen and oxygen atoms in total. The maximum atomic E-state index is 13.4. The first-order chi connectivity index (χ1) is 16.9. The molecule has 4 heterocycles. The van der Waals surface area contributed by atoms with Crippen LogP contribution in [0.1, 0.15) is 81.1 Å². The zero-order valence-corrected chi connectivity index (χ0v) is 24.1. The van der Waals surface area contributed by atoms with E-state index in [1.54, 1.807) is 0 Å². The molecule has 0 N–H and O–H groups in total. The van der Waals surface area contributed by atoms with E-state index < -0.39 is 57.9 Å². The van der Waals surface area contributed by atoms with Gasteiger partial charge in [-0.05, 0) is 53.4 Å². The average Bonchev–Trinajstić information content (AvgIpc) is 3.52. The summed E-state index contributed by atoms with van der Waals surface area (Å²) in [6.45, 7) is 15.1. The zero-order valence-electron chi connectivity index (χ0n) is 22.5. The third-order valence-corrected chi connectivity index (χ3v) is 12.4. The Labute approximate surface area is 216 Å². The molecule has 4 saturated heterocycles. The third-order valence-electron chi connectivity index (χ3n) is 7.97. The van der Waals surface area contributed by atoms with Crippen LogP contribution in [0.4, 0.5) is 0 Å². The molecule has 0 radical (unpaired) electrons. The van der Waals surface area contributed by atoms with E-state index in [0.717, 1.165) is 0 Å². The van der Waals surface area contributed by atoms with Crippen molar-refractivity contribution < 1.29 is 35.8 Å². The van der Waals surface area contributed by atoms with Gasteiger partial charge in [0.1, 0.15) is 0 Å². The Balaban J connectivity index is 1.62. The second-order valence-electron chi connectivity index (χ2n) is 10.2. The van der Waals surface area contributed by atoms with Gasteiger partial charge in [0.25, 0.3) is 20.4 Å². The lowest BCUT2D eigenvalue weighted by Gasteiger charge is -2.32. The molecule has 210 valence electrons. The highest BCUT2D eigenvalue weighted by molar-refractivity contribution is 7.87. The van der Waals surface area contributed by atoms with Crippen LogP contribution in [-0.4, -0.2) is 95.7 Å². The second-order valence-corrected chi connectivity index (χ2v) is 13.7. The number of ether oxygens (including phenoxy) is 4. The molecule has 10 atom stereocenters. The van der Waals surface area contributed by atoms with Crippen molar-refractivity contribution in [3.8, 4) is 0 Å². The highest BCUT2D eigenvalue weighted by Gasteiger charge is 2.65. The van der Waals surface area contributed by atoms with Gasteiger partial charge in [0.15, 0.2) is 24.9 Å². The molecule has 0 spiro atoms. The van der Waals surface area contributed by atoms with Crippen LogP contribution in [0.2, 0.25) is 0 Å². The minimum absolute atomic E-state index is 0.296. The zero-order chi connectivity index (χ0) is 26.7. The minimum Gasteiger partial charge on any atom is -0.324 e. The van der Waals surface area contributed by atoms with E-state index in [2.05, 4.69) is 0 Å². The quantitative estimate of drug-likeness (QED) is 0.425. The van der Waals surface area contributed by atoms with E-state index in [4.69, 9.17) is 18.9 Å². The number of hydrogen-bond donors (Lipinski definition) is 0. The molecule has 4 aliphatic heterocycles. The summed E-state index contributed by atoms with van der Waals surface area (Å²) in [5.74, 6) is 0. The summed E-state index contributed by atoms with van der Waals surface area (Å²) in [5, 5.41) is 0. The normalized spacial score (nSPS) is 40.2. The molecule has 14 heteroatoms. The Morgan fingerprint density at radius 2 is 0.694 bits per heavy atom. The Bertz CT molecular complexity index is 870. The van der Waals surface area contributed by atoms with E-state index in [1.807, 2.05) is 55.4 Å². The molecule has 0 aliphatic carbocycles. The molecule has 0 aromatic carbocycles. The van der Waals surface area contributed by atoms with E-state index in [-0.39, 0.29) is 24.2 Å². The summed E-state index contributed by atoms with van der Waals surface area (Å²) < 4.78 is 83.9. The molecule has 0 saturated carbocycles. The first kappa shape index (κ1) is 28.6. The van der Waals surface area contributed by atoms with Crippen molar-refractivity contribution >= 4 is 20.4 Å². The lowest BCUT2D eigenvalue weighted by atomic mass is 10.2. The van der Waals surface area contributed by atoms with Crippen LogP contribution >= 0.6 is 0 Å². The minimum atomic E-state index is -3.79. The second kappa shape index (κ2) is 10.3. The molecule has 0 bridgehead atoms. The SMILES string of the molecule is CC[C@@H](C)N1[C@@H]2OC(C3O[C@@H]4[C@H](O3)N([C@@H](C)CC)S(=O)(=O)N4[C@@H](C)CC)O[C@@H]2N([C@H](C)CC)S1(=O)=O. The van der Waals surface area contributed by atoms with Crippen molar-refractivity contribution in [3.63, 3.8) is 0 Å². The molecule has 0 aromatic rings. The van der Waals surface area contributed by atoms with Crippen molar-refractivity contribution in [2.45, 2.75) is 143 Å². The molecular weight excluding hydrogens is 512 g/mol. The van der Waals surface area contributed by atoms with Gasteiger partial charge < -0.3 is 18.9 Å². The van der Waals surface area contributed by atoms with Gasteiger partial charge in [-0.15, -0.1) is 0 Å². The smallest absolute Gasteiger partial charge is 0.287 e. The Kier molecular flexibility index (Phi) is 8.16. The molecular formula is C22H42N4O8S2. The third kappa shape index (κ3) is 4.25. The molecule has 4 aliphatic rings. The maximum absolute atomic E-state index is 13.4. The summed E-state index contributed by atoms with van der Waals surface area (Å²) in [7, 11) is -7.59. The lowest BCUT2D eigenvalue weighted by molar-refractivity contribution is -0.240. The molecule has 36 heavy (non-hydrogen) atoms. The monoisotopic (exact) mass is 554 g/mol. The van der Waals surface area contributed by atoms with Crippen molar-refractivity contribution in [1.29, 1.82) is 0 Å². The molecule has 0 amide bonds. The summed E-state index contributed by atoms with van der Waals surface area (Å²) in [4.78, 5) is 0. The fraction of sp³-hybridized carbons (Fsp3) is 1.00. The highest BCUT2D eigenvalue weighted by Crippen LogP contribution is 2.45. The Hall–Kier alpha value is -0.420. The largest absolute Gasteiger partial charge is 0.324 e. The van der Waals surface area contributed by atoms with Gasteiger partial charge in [-0.2, -0.15) is 34.1 Å². The van der Waals surface area contributed by atoms with Crippen molar-refractivity contribution in [1.82, 2.24) is 17.2 Å². The highest BCUT2D eigenvalue weighted by atomic mass is 32.2. The fourth-order valence-electron chi connectivity index (χ4n) is 5.26. The van der Waals surface area contributed by atoms with Crippen LogP contribution in [0.5, 0.6) is 0 Å². The van der Waals surface area contributed by atoms with Crippen LogP contribution in [-0.2, 0) is 39.4 Å². The average molecular weight is 555 g/mol. The number of fused-ring (bicyclic) bond motifs is 2. The Morgan fingerprint density at radius 1 is 0.500 bits per heavy atom. The van der Waals surface area contributed by atoms with Gasteiger partial charge in [0.2, 0.25) is 12.6 Å². The van der Waals surface area contributed by atoms with E-state index in [9.17, 15) is 16.8 Å². The topological polar surface area (TPSA) is 118 Å². The predicted octanol–water partition coefficient (Wildman–Crippen LogP) is 1.96. The summed E-state index contributed by atoms with van der Waals surface area (Å²) in [5.41, 5.74) is 0. The number of nitrogens with zero attached hydrogens (tertiary/aromatic N) is 4. The summed E-state index contributed by atoms with van der Waals surface area (Å²) in [6, 6.07) is -1.18. The number of hydrogen-bond acceptors (Lipinski definition) is 8. The van der Waals surface area contributed by atoms with Gasteiger partial charge in [0, 0.05) is 24.2 Å². The van der Waals surface area contributed by atoms with Crippen LogP contribution in [0.25, 0.3) is 0 Å². The van der Waals surface area contributed by atoms with E-state index in [0.29, 0.717) is 25.7 Å². The standard InChI is InChI=1S/C22H42N4O8S2/c1-9-13(5)23-17-18(24(14(6)10-2)35(23,27)28)32-21(31-17)22-33-19-20(34-22)26(16(8)12-4)36(29,30)25(19)15(7)11-3/h13-22H,9-12H2,1-8H3/t13-,14-,15+,16+,17-,18+,19-,20+,21?,22?. The maximum Gasteiger partial charge on any atom is 0.287 e. The van der Waals surface area contributed by atoms with Crippen LogP contribution in [0, 0.1) is 0 Å². The molecule has 4 rings (SSSR count). The van der Waals surface area contributed by atoms with Crippen LogP contribution in [0.3, 0.4) is 0 Å². The van der Waals surface area contributed by atoms with Gasteiger partial charge in [0.05, 0.1) is 0 Å². The number of rotatable bonds is 9. The molecule has 4 fully saturated rings. The summed E-state index contributed by atoms with van der Waals surface area (Å²) >= 11 is 0.